The Balaban J connectivity index is 0.00000272. The molecule has 2 amide bonds. The molecule has 168 valence electrons. The molecule has 0 aromatic heterocycles. The summed E-state index contributed by atoms with van der Waals surface area (Å²) in [5.74, 6) is 0.303. The molecule has 4 atom stereocenters. The van der Waals surface area contributed by atoms with Crippen LogP contribution in [-0.4, -0.2) is 49.9 Å². The number of hydrogen-bond donors (Lipinski definition) is 2. The first kappa shape index (κ1) is 23.6. The number of nitrogens with zero attached hydrogens (tertiary/aromatic N) is 2. The van der Waals surface area contributed by atoms with E-state index in [0.717, 1.165) is 12.0 Å². The van der Waals surface area contributed by atoms with Gasteiger partial charge in [0, 0.05) is 39.4 Å². The van der Waals surface area contributed by atoms with E-state index >= 15 is 0 Å². The highest BCUT2D eigenvalue weighted by Crippen LogP contribution is 2.52. The fourth-order valence-electron chi connectivity index (χ4n) is 4.88. The van der Waals surface area contributed by atoms with Crippen LogP contribution in [0, 0.1) is 29.5 Å². The molecule has 7 nitrogen and oxygen atoms in total. The Hall–Kier alpha value is -2.01. The zero-order chi connectivity index (χ0) is 21.3. The van der Waals surface area contributed by atoms with Crippen molar-refractivity contribution in [3.63, 3.8) is 0 Å². The van der Waals surface area contributed by atoms with Crippen LogP contribution in [0.1, 0.15) is 17.5 Å². The highest BCUT2D eigenvalue weighted by Gasteiger charge is 2.58. The fraction of sp³-hybridized carbons (Fsp3) is 0.500. The van der Waals surface area contributed by atoms with E-state index in [0.29, 0.717) is 31.2 Å². The molecule has 1 saturated carbocycles. The van der Waals surface area contributed by atoms with Gasteiger partial charge in [-0.3, -0.25) is 19.5 Å². The molecule has 1 heterocycles. The molecule has 1 aliphatic heterocycles. The summed E-state index contributed by atoms with van der Waals surface area (Å²) in [7, 11) is 3.18. The fourth-order valence-corrected chi connectivity index (χ4v) is 4.88. The summed E-state index contributed by atoms with van der Waals surface area (Å²) in [5, 5.41) is 6.30. The molecule has 4 rings (SSSR count). The molecule has 9 heteroatoms. The van der Waals surface area contributed by atoms with Gasteiger partial charge in [0.15, 0.2) is 5.96 Å². The molecular weight excluding hydrogens is 514 g/mol. The molecule has 2 aliphatic carbocycles. The van der Waals surface area contributed by atoms with Crippen molar-refractivity contribution in [3.05, 3.63) is 47.3 Å². The van der Waals surface area contributed by atoms with Gasteiger partial charge in [0.2, 0.25) is 11.8 Å². The third-order valence-corrected chi connectivity index (χ3v) is 6.28. The number of fused-ring (bicyclic) bond motifs is 5. The van der Waals surface area contributed by atoms with E-state index in [9.17, 15) is 14.0 Å². The average Bonchev–Trinajstić information content (AvgIpc) is 3.42. The van der Waals surface area contributed by atoms with Gasteiger partial charge < -0.3 is 15.4 Å². The zero-order valence-corrected chi connectivity index (χ0v) is 20.0. The average molecular weight is 542 g/mol. The predicted octanol–water partition coefficient (Wildman–Crippen LogP) is 2.06. The minimum atomic E-state index is -0.295. The van der Waals surface area contributed by atoms with E-state index in [4.69, 9.17) is 4.74 Å². The van der Waals surface area contributed by atoms with Gasteiger partial charge in [-0.15, -0.1) is 24.0 Å². The van der Waals surface area contributed by atoms with Crippen molar-refractivity contribution in [1.29, 1.82) is 0 Å². The van der Waals surface area contributed by atoms with E-state index in [2.05, 4.69) is 27.8 Å². The summed E-state index contributed by atoms with van der Waals surface area (Å²) in [6.45, 7) is 1.40. The van der Waals surface area contributed by atoms with Gasteiger partial charge in [0.1, 0.15) is 5.82 Å². The first-order valence-electron chi connectivity index (χ1n) is 10.3. The number of guanidine groups is 1. The van der Waals surface area contributed by atoms with Crippen molar-refractivity contribution in [1.82, 2.24) is 15.5 Å². The number of aliphatic imine (C=N–C) groups is 1. The lowest BCUT2D eigenvalue weighted by Gasteiger charge is -2.18. The lowest BCUT2D eigenvalue weighted by atomic mass is 9.85. The van der Waals surface area contributed by atoms with Gasteiger partial charge in [-0.2, -0.15) is 0 Å². The van der Waals surface area contributed by atoms with Crippen LogP contribution in [-0.2, 0) is 27.5 Å². The Kier molecular flexibility index (Phi) is 7.68. The number of carbonyl (C=O) groups excluding carboxylic acids is 2. The topological polar surface area (TPSA) is 83.0 Å². The first-order valence-corrected chi connectivity index (χ1v) is 10.3. The van der Waals surface area contributed by atoms with Crippen molar-refractivity contribution in [2.24, 2.45) is 28.7 Å². The van der Waals surface area contributed by atoms with Gasteiger partial charge in [-0.05, 0) is 36.0 Å². The number of carbonyl (C=O) groups is 2. The number of likely N-dealkylation sites (tertiary alicyclic amines) is 1. The minimum Gasteiger partial charge on any atom is -0.380 e. The maximum atomic E-state index is 13.7. The monoisotopic (exact) mass is 542 g/mol. The third-order valence-electron chi connectivity index (χ3n) is 6.28. The maximum Gasteiger partial charge on any atom is 0.233 e. The summed E-state index contributed by atoms with van der Waals surface area (Å²) < 4.78 is 18.8. The highest BCUT2D eigenvalue weighted by molar-refractivity contribution is 14.0. The van der Waals surface area contributed by atoms with E-state index in [-0.39, 0.29) is 71.9 Å². The summed E-state index contributed by atoms with van der Waals surface area (Å²) in [4.78, 5) is 31.0. The quantitative estimate of drug-likeness (QED) is 0.181. The first-order chi connectivity index (χ1) is 14.5. The van der Waals surface area contributed by atoms with Gasteiger partial charge in [0.05, 0.1) is 18.4 Å². The lowest BCUT2D eigenvalue weighted by molar-refractivity contribution is -0.140. The number of halogens is 2. The number of methoxy groups -OCH3 is 1. The smallest absolute Gasteiger partial charge is 0.233 e. The van der Waals surface area contributed by atoms with E-state index < -0.39 is 0 Å². The van der Waals surface area contributed by atoms with Crippen LogP contribution in [0.4, 0.5) is 4.39 Å². The Labute approximate surface area is 198 Å². The second-order valence-corrected chi connectivity index (χ2v) is 8.04. The van der Waals surface area contributed by atoms with E-state index in [1.54, 1.807) is 19.2 Å². The van der Waals surface area contributed by atoms with Crippen molar-refractivity contribution in [2.75, 3.05) is 27.2 Å². The van der Waals surface area contributed by atoms with Gasteiger partial charge >= 0.3 is 0 Å². The number of nitrogens with one attached hydrogen (secondary N) is 2. The number of rotatable bonds is 7. The molecular formula is C22H28FIN4O3. The number of allylic oxidation sites excluding steroid dienone is 2. The van der Waals surface area contributed by atoms with Crippen LogP contribution in [0.5, 0.6) is 0 Å². The third kappa shape index (κ3) is 4.62. The number of benzene rings is 1. The van der Waals surface area contributed by atoms with Crippen molar-refractivity contribution < 1.29 is 18.7 Å². The summed E-state index contributed by atoms with van der Waals surface area (Å²) in [5.41, 5.74) is 1.40. The number of ether oxygens (including phenoxy) is 1. The van der Waals surface area contributed by atoms with Crippen LogP contribution in [0.15, 0.2) is 35.3 Å². The van der Waals surface area contributed by atoms with Crippen LogP contribution in [0.25, 0.3) is 0 Å². The van der Waals surface area contributed by atoms with Crippen molar-refractivity contribution >= 4 is 41.8 Å². The van der Waals surface area contributed by atoms with Crippen LogP contribution >= 0.6 is 24.0 Å². The largest absolute Gasteiger partial charge is 0.380 e. The molecule has 2 fully saturated rings. The highest BCUT2D eigenvalue weighted by atomic mass is 127. The Morgan fingerprint density at radius 1 is 1.19 bits per heavy atom. The minimum absolute atomic E-state index is 0. The molecule has 1 aromatic rings. The van der Waals surface area contributed by atoms with Gasteiger partial charge in [-0.1, -0.05) is 18.2 Å². The molecule has 0 radical (unpaired) electrons. The zero-order valence-electron chi connectivity index (χ0n) is 17.6. The molecule has 4 unspecified atom stereocenters. The molecule has 1 saturated heterocycles. The van der Waals surface area contributed by atoms with Crippen molar-refractivity contribution in [2.45, 2.75) is 19.6 Å². The summed E-state index contributed by atoms with van der Waals surface area (Å²) in [6, 6.07) is 4.88. The Morgan fingerprint density at radius 3 is 2.48 bits per heavy atom. The maximum absolute atomic E-state index is 13.7. The number of amides is 2. The standard InChI is InChI=1S/C22H27FN4O3.HI/c1-24-22(26-11-13-3-6-17(23)16(9-13)12-30-2)25-7-8-27-20(28)18-14-4-5-15(10-14)19(18)21(27)29;/h3-6,9,14-15,18-19H,7-8,10-12H2,1-2H3,(H2,24,25,26);1H. The molecule has 2 N–H and O–H groups in total. The SMILES string of the molecule is CN=C(NCCN1C(=O)C2C3C=CC(C3)C2C1=O)NCc1ccc(F)c(COC)c1.I. The second-order valence-electron chi connectivity index (χ2n) is 8.04. The van der Waals surface area contributed by atoms with Gasteiger partial charge in [-0.25, -0.2) is 4.39 Å². The lowest BCUT2D eigenvalue weighted by Crippen LogP contribution is -2.43. The van der Waals surface area contributed by atoms with Gasteiger partial charge in [0.25, 0.3) is 0 Å². The predicted molar refractivity (Wildman–Crippen MR) is 125 cm³/mol. The molecule has 3 aliphatic rings. The molecule has 31 heavy (non-hydrogen) atoms. The normalized spacial score (nSPS) is 26.3. The van der Waals surface area contributed by atoms with E-state index in [1.165, 1.54) is 18.1 Å². The second kappa shape index (κ2) is 10.1. The Bertz CT molecular complexity index is 877. The van der Waals surface area contributed by atoms with Crippen LogP contribution in [0.2, 0.25) is 0 Å². The Morgan fingerprint density at radius 2 is 1.87 bits per heavy atom. The van der Waals surface area contributed by atoms with E-state index in [1.807, 2.05) is 0 Å². The number of imide groups is 1. The molecule has 1 aromatic carbocycles. The van der Waals surface area contributed by atoms with Crippen LogP contribution < -0.4 is 10.6 Å². The van der Waals surface area contributed by atoms with Crippen molar-refractivity contribution in [3.8, 4) is 0 Å². The van der Waals surface area contributed by atoms with Crippen LogP contribution in [0.3, 0.4) is 0 Å². The number of hydrogen-bond acceptors (Lipinski definition) is 4. The molecule has 0 spiro atoms. The molecule has 2 bridgehead atoms. The summed E-state index contributed by atoms with van der Waals surface area (Å²) in [6.07, 6.45) is 5.13. The summed E-state index contributed by atoms with van der Waals surface area (Å²) >= 11 is 0.